The van der Waals surface area contributed by atoms with Crippen molar-refractivity contribution >= 4 is 16.6 Å². The van der Waals surface area contributed by atoms with Crippen LogP contribution in [0.3, 0.4) is 0 Å². The third-order valence-electron chi connectivity index (χ3n) is 5.71. The Labute approximate surface area is 125 Å². The first-order chi connectivity index (χ1) is 10.1. The average molecular weight is 280 g/mol. The van der Waals surface area contributed by atoms with Gasteiger partial charge in [0.2, 0.25) is 0 Å². The van der Waals surface area contributed by atoms with E-state index in [1.165, 1.54) is 21.9 Å². The van der Waals surface area contributed by atoms with Gasteiger partial charge in [0.05, 0.1) is 7.11 Å². The zero-order valence-electron chi connectivity index (χ0n) is 12.6. The van der Waals surface area contributed by atoms with Gasteiger partial charge in [-0.1, -0.05) is 25.1 Å². The number of aryl methyl sites for hydroxylation is 1. The number of methoxy groups -OCH3 is 1. The quantitative estimate of drug-likeness (QED) is 0.780. The topological polar surface area (TPSA) is 26.3 Å². The number of fused-ring (bicyclic) bond motifs is 5. The minimum Gasteiger partial charge on any atom is -0.497 e. The van der Waals surface area contributed by atoms with E-state index in [0.717, 1.165) is 31.4 Å². The van der Waals surface area contributed by atoms with Crippen LogP contribution in [-0.2, 0) is 11.2 Å². The molecule has 108 valence electrons. The summed E-state index contributed by atoms with van der Waals surface area (Å²) in [6, 6.07) is 10.7. The van der Waals surface area contributed by atoms with Crippen LogP contribution in [-0.4, -0.2) is 12.9 Å². The molecule has 0 saturated heterocycles. The van der Waals surface area contributed by atoms with E-state index in [-0.39, 0.29) is 5.41 Å². The van der Waals surface area contributed by atoms with Crippen molar-refractivity contribution in [3.63, 3.8) is 0 Å². The number of hydrogen-bond acceptors (Lipinski definition) is 2. The van der Waals surface area contributed by atoms with Crippen molar-refractivity contribution in [3.05, 3.63) is 41.5 Å². The van der Waals surface area contributed by atoms with Crippen molar-refractivity contribution in [1.29, 1.82) is 0 Å². The summed E-state index contributed by atoms with van der Waals surface area (Å²) in [7, 11) is 1.70. The molecule has 2 unspecified atom stereocenters. The number of benzene rings is 2. The molecular weight excluding hydrogens is 260 g/mol. The van der Waals surface area contributed by atoms with Crippen molar-refractivity contribution in [2.75, 3.05) is 7.11 Å². The zero-order chi connectivity index (χ0) is 14.6. The summed E-state index contributed by atoms with van der Waals surface area (Å²) < 4.78 is 5.32. The van der Waals surface area contributed by atoms with Crippen molar-refractivity contribution in [1.82, 2.24) is 0 Å². The number of ketones is 1. The highest BCUT2D eigenvalue weighted by Crippen LogP contribution is 2.54. The lowest BCUT2D eigenvalue weighted by molar-refractivity contribution is -0.126. The Bertz CT molecular complexity index is 747. The minimum atomic E-state index is -0.118. The van der Waals surface area contributed by atoms with Crippen LogP contribution in [0.25, 0.3) is 10.8 Å². The molecule has 2 aliphatic carbocycles. The summed E-state index contributed by atoms with van der Waals surface area (Å²) >= 11 is 0. The lowest BCUT2D eigenvalue weighted by Gasteiger charge is -2.37. The highest BCUT2D eigenvalue weighted by molar-refractivity contribution is 5.92. The van der Waals surface area contributed by atoms with E-state index in [2.05, 4.69) is 31.2 Å². The van der Waals surface area contributed by atoms with Gasteiger partial charge in [0.25, 0.3) is 0 Å². The Morgan fingerprint density at radius 1 is 1.19 bits per heavy atom. The molecular formula is C19H20O2. The number of carbonyl (C=O) groups excluding carboxylic acids is 1. The second-order valence-corrected chi connectivity index (χ2v) is 6.65. The fourth-order valence-corrected chi connectivity index (χ4v) is 4.39. The van der Waals surface area contributed by atoms with E-state index < -0.39 is 0 Å². The van der Waals surface area contributed by atoms with Crippen LogP contribution in [0, 0.1) is 5.41 Å². The first kappa shape index (κ1) is 12.9. The van der Waals surface area contributed by atoms with Crippen LogP contribution >= 0.6 is 0 Å². The Morgan fingerprint density at radius 2 is 2.05 bits per heavy atom. The van der Waals surface area contributed by atoms with Gasteiger partial charge >= 0.3 is 0 Å². The minimum absolute atomic E-state index is 0.118. The fraction of sp³-hybridized carbons (Fsp3) is 0.421. The van der Waals surface area contributed by atoms with E-state index in [1.54, 1.807) is 7.11 Å². The lowest BCUT2D eigenvalue weighted by atomic mass is 9.66. The van der Waals surface area contributed by atoms with Crippen LogP contribution in [0.5, 0.6) is 5.75 Å². The van der Waals surface area contributed by atoms with E-state index in [1.807, 2.05) is 6.07 Å². The van der Waals surface area contributed by atoms with Crippen molar-refractivity contribution in [3.8, 4) is 5.75 Å². The predicted molar refractivity (Wildman–Crippen MR) is 83.9 cm³/mol. The maximum absolute atomic E-state index is 12.3. The van der Waals surface area contributed by atoms with Gasteiger partial charge in [0, 0.05) is 11.8 Å². The second kappa shape index (κ2) is 4.33. The molecule has 0 N–H and O–H groups in total. The highest BCUT2D eigenvalue weighted by atomic mass is 16.5. The van der Waals surface area contributed by atoms with Gasteiger partial charge in [-0.25, -0.2) is 0 Å². The number of Topliss-reactive ketones (excluding diaryl/α,β-unsaturated/α-hetero) is 1. The third-order valence-corrected chi connectivity index (χ3v) is 5.71. The third kappa shape index (κ3) is 1.68. The molecule has 0 heterocycles. The zero-order valence-corrected chi connectivity index (χ0v) is 12.6. The number of carbonyl (C=O) groups is 1. The molecule has 0 spiro atoms. The SMILES string of the molecule is COc1ccc2c3c(ccc2c1)C1CCC(=O)C1(C)CC3. The molecule has 2 aliphatic rings. The first-order valence-corrected chi connectivity index (χ1v) is 7.76. The normalized spacial score (nSPS) is 27.5. The predicted octanol–water partition coefficient (Wildman–Crippen LogP) is 4.25. The molecule has 0 radical (unpaired) electrons. The molecule has 0 amide bonds. The van der Waals surface area contributed by atoms with Gasteiger partial charge in [0.1, 0.15) is 11.5 Å². The Balaban J connectivity index is 1.91. The molecule has 2 aromatic carbocycles. The summed E-state index contributed by atoms with van der Waals surface area (Å²) in [5, 5.41) is 2.57. The van der Waals surface area contributed by atoms with Gasteiger partial charge in [0.15, 0.2) is 0 Å². The van der Waals surface area contributed by atoms with E-state index >= 15 is 0 Å². The van der Waals surface area contributed by atoms with Crippen molar-refractivity contribution in [2.45, 2.75) is 38.5 Å². The summed E-state index contributed by atoms with van der Waals surface area (Å²) in [6.45, 7) is 2.17. The maximum Gasteiger partial charge on any atom is 0.139 e. The monoisotopic (exact) mass is 280 g/mol. The molecule has 4 rings (SSSR count). The first-order valence-electron chi connectivity index (χ1n) is 7.76. The molecule has 2 heteroatoms. The molecule has 0 aliphatic heterocycles. The molecule has 21 heavy (non-hydrogen) atoms. The van der Waals surface area contributed by atoms with Gasteiger partial charge in [-0.3, -0.25) is 4.79 Å². The van der Waals surface area contributed by atoms with E-state index in [0.29, 0.717) is 11.7 Å². The summed E-state index contributed by atoms with van der Waals surface area (Å²) in [5.74, 6) is 1.78. The summed E-state index contributed by atoms with van der Waals surface area (Å²) in [4.78, 5) is 12.3. The molecule has 1 saturated carbocycles. The summed E-state index contributed by atoms with van der Waals surface area (Å²) in [5.41, 5.74) is 2.74. The smallest absolute Gasteiger partial charge is 0.139 e. The number of hydrogen-bond donors (Lipinski definition) is 0. The molecule has 2 atom stereocenters. The van der Waals surface area contributed by atoms with Crippen LogP contribution < -0.4 is 4.74 Å². The van der Waals surface area contributed by atoms with Gasteiger partial charge in [-0.15, -0.1) is 0 Å². The van der Waals surface area contributed by atoms with Gasteiger partial charge in [-0.2, -0.15) is 0 Å². The van der Waals surface area contributed by atoms with Crippen LogP contribution in [0.15, 0.2) is 30.3 Å². The second-order valence-electron chi connectivity index (χ2n) is 6.65. The fourth-order valence-electron chi connectivity index (χ4n) is 4.39. The van der Waals surface area contributed by atoms with E-state index in [9.17, 15) is 4.79 Å². The van der Waals surface area contributed by atoms with Crippen LogP contribution in [0.2, 0.25) is 0 Å². The number of ether oxygens (including phenoxy) is 1. The largest absolute Gasteiger partial charge is 0.497 e. The van der Waals surface area contributed by atoms with Gasteiger partial charge < -0.3 is 4.74 Å². The lowest BCUT2D eigenvalue weighted by Crippen LogP contribution is -2.32. The average Bonchev–Trinajstić information content (AvgIpc) is 2.82. The summed E-state index contributed by atoms with van der Waals surface area (Å²) in [6.07, 6.45) is 3.78. The molecule has 1 fully saturated rings. The number of rotatable bonds is 1. The molecule has 2 aromatic rings. The molecule has 2 nitrogen and oxygen atoms in total. The van der Waals surface area contributed by atoms with Crippen molar-refractivity contribution in [2.24, 2.45) is 5.41 Å². The maximum atomic E-state index is 12.3. The Hall–Kier alpha value is -1.83. The van der Waals surface area contributed by atoms with Gasteiger partial charge in [-0.05, 0) is 59.2 Å². The standard InChI is InChI=1S/C19H20O2/c1-19-10-9-15-14-6-4-13(21-2)11-12(14)3-5-16(15)17(19)7-8-18(19)20/h3-6,11,17H,7-10H2,1-2H3. The molecule has 0 aromatic heterocycles. The highest BCUT2D eigenvalue weighted by Gasteiger charge is 2.49. The van der Waals surface area contributed by atoms with Crippen LogP contribution in [0.1, 0.15) is 43.2 Å². The molecule has 0 bridgehead atoms. The van der Waals surface area contributed by atoms with E-state index in [4.69, 9.17) is 4.74 Å². The Morgan fingerprint density at radius 3 is 2.86 bits per heavy atom. The van der Waals surface area contributed by atoms with Crippen LogP contribution in [0.4, 0.5) is 0 Å². The Kier molecular flexibility index (Phi) is 2.66. The van der Waals surface area contributed by atoms with Crippen molar-refractivity contribution < 1.29 is 9.53 Å².